The third-order valence-electron chi connectivity index (χ3n) is 3.12. The van der Waals surface area contributed by atoms with Gasteiger partial charge in [0.05, 0.1) is 12.6 Å². The van der Waals surface area contributed by atoms with E-state index in [0.29, 0.717) is 36.2 Å². The maximum Gasteiger partial charge on any atom is 0.251 e. The molecule has 1 amide bonds. The van der Waals surface area contributed by atoms with E-state index in [2.05, 4.69) is 19.2 Å². The number of hydrogen-bond acceptors (Lipinski definition) is 4. The van der Waals surface area contributed by atoms with Gasteiger partial charge >= 0.3 is 0 Å². The number of ether oxygens (including phenoxy) is 2. The maximum atomic E-state index is 12.2. The molecule has 0 fully saturated rings. The minimum atomic E-state index is -0.226. The van der Waals surface area contributed by atoms with Gasteiger partial charge in [0, 0.05) is 5.56 Å². The average molecular weight is 279 g/mol. The fraction of sp³-hybridized carbons (Fsp3) is 0.533. The quantitative estimate of drug-likeness (QED) is 0.859. The van der Waals surface area contributed by atoms with E-state index in [0.717, 1.165) is 6.42 Å². The van der Waals surface area contributed by atoms with E-state index in [1.165, 1.54) is 0 Å². The van der Waals surface area contributed by atoms with Crippen molar-refractivity contribution in [3.63, 3.8) is 0 Å². The fourth-order valence-electron chi connectivity index (χ4n) is 2.20. The van der Waals surface area contributed by atoms with Crippen LogP contribution in [0.15, 0.2) is 18.2 Å². The zero-order chi connectivity index (χ0) is 14.5. The van der Waals surface area contributed by atoms with Crippen LogP contribution in [0.25, 0.3) is 0 Å². The molecule has 110 valence electrons. The van der Waals surface area contributed by atoms with E-state index in [1.54, 1.807) is 18.2 Å². The van der Waals surface area contributed by atoms with Crippen LogP contribution in [-0.2, 0) is 0 Å². The van der Waals surface area contributed by atoms with Crippen LogP contribution in [0.3, 0.4) is 0 Å². The molecule has 1 heterocycles. The summed E-state index contributed by atoms with van der Waals surface area (Å²) in [7, 11) is 0. The number of aliphatic hydroxyl groups is 1. The van der Waals surface area contributed by atoms with Crippen molar-refractivity contribution in [2.75, 3.05) is 19.8 Å². The Labute approximate surface area is 118 Å². The minimum absolute atomic E-state index is 0.0610. The van der Waals surface area contributed by atoms with Crippen LogP contribution >= 0.6 is 0 Å². The van der Waals surface area contributed by atoms with Crippen molar-refractivity contribution >= 4 is 5.91 Å². The van der Waals surface area contributed by atoms with Gasteiger partial charge in [0.25, 0.3) is 5.91 Å². The third-order valence-corrected chi connectivity index (χ3v) is 3.12. The predicted molar refractivity (Wildman–Crippen MR) is 75.2 cm³/mol. The maximum absolute atomic E-state index is 12.2. The van der Waals surface area contributed by atoms with E-state index in [1.807, 2.05) is 0 Å². The van der Waals surface area contributed by atoms with E-state index in [-0.39, 0.29) is 18.6 Å². The van der Waals surface area contributed by atoms with Crippen molar-refractivity contribution in [1.29, 1.82) is 0 Å². The Balaban J connectivity index is 2.05. The summed E-state index contributed by atoms with van der Waals surface area (Å²) in [6.07, 6.45) is 0.743. The summed E-state index contributed by atoms with van der Waals surface area (Å²) >= 11 is 0. The van der Waals surface area contributed by atoms with E-state index >= 15 is 0 Å². The third kappa shape index (κ3) is 3.63. The number of fused-ring (bicyclic) bond motifs is 1. The van der Waals surface area contributed by atoms with Gasteiger partial charge in [0.2, 0.25) is 0 Å². The van der Waals surface area contributed by atoms with Crippen LogP contribution in [0.5, 0.6) is 11.5 Å². The van der Waals surface area contributed by atoms with Gasteiger partial charge in [0.1, 0.15) is 13.2 Å². The first-order chi connectivity index (χ1) is 9.60. The summed E-state index contributed by atoms with van der Waals surface area (Å²) in [6, 6.07) is 4.89. The highest BCUT2D eigenvalue weighted by Crippen LogP contribution is 2.30. The molecule has 20 heavy (non-hydrogen) atoms. The Morgan fingerprint density at radius 1 is 1.30 bits per heavy atom. The second kappa shape index (κ2) is 6.61. The lowest BCUT2D eigenvalue weighted by Crippen LogP contribution is -2.38. The van der Waals surface area contributed by atoms with Crippen molar-refractivity contribution in [3.05, 3.63) is 23.8 Å². The molecule has 0 aromatic heterocycles. The first-order valence-electron chi connectivity index (χ1n) is 6.91. The molecule has 0 aliphatic carbocycles. The largest absolute Gasteiger partial charge is 0.486 e. The Kier molecular flexibility index (Phi) is 4.84. The van der Waals surface area contributed by atoms with Crippen LogP contribution in [0.2, 0.25) is 0 Å². The van der Waals surface area contributed by atoms with Crippen LogP contribution in [-0.4, -0.2) is 36.9 Å². The highest BCUT2D eigenvalue weighted by molar-refractivity contribution is 5.95. The van der Waals surface area contributed by atoms with Gasteiger partial charge in [-0.1, -0.05) is 13.8 Å². The number of aliphatic hydroxyl groups excluding tert-OH is 1. The van der Waals surface area contributed by atoms with E-state index < -0.39 is 0 Å². The zero-order valence-corrected chi connectivity index (χ0v) is 11.9. The van der Waals surface area contributed by atoms with Crippen molar-refractivity contribution < 1.29 is 19.4 Å². The number of carbonyl (C=O) groups excluding carboxylic acids is 1. The van der Waals surface area contributed by atoms with Crippen molar-refractivity contribution in [1.82, 2.24) is 5.32 Å². The number of benzene rings is 1. The minimum Gasteiger partial charge on any atom is -0.486 e. The summed E-state index contributed by atoms with van der Waals surface area (Å²) in [5, 5.41) is 12.1. The molecule has 1 aromatic carbocycles. The molecule has 2 N–H and O–H groups in total. The Hall–Kier alpha value is -1.75. The van der Waals surface area contributed by atoms with Crippen LogP contribution in [0, 0.1) is 5.92 Å². The molecule has 2 rings (SSSR count). The smallest absolute Gasteiger partial charge is 0.251 e. The first-order valence-corrected chi connectivity index (χ1v) is 6.91. The lowest BCUT2D eigenvalue weighted by atomic mass is 10.0. The fourth-order valence-corrected chi connectivity index (χ4v) is 2.20. The summed E-state index contributed by atoms with van der Waals surface area (Å²) in [6.45, 7) is 5.07. The zero-order valence-electron chi connectivity index (χ0n) is 11.9. The summed E-state index contributed by atoms with van der Waals surface area (Å²) in [4.78, 5) is 12.2. The van der Waals surface area contributed by atoms with Crippen molar-refractivity contribution in [3.8, 4) is 11.5 Å². The highest BCUT2D eigenvalue weighted by Gasteiger charge is 2.17. The molecular weight excluding hydrogens is 258 g/mol. The second-order valence-electron chi connectivity index (χ2n) is 5.34. The number of carbonyl (C=O) groups is 1. The molecule has 0 saturated carbocycles. The molecule has 1 aliphatic heterocycles. The van der Waals surface area contributed by atoms with Gasteiger partial charge in [-0.15, -0.1) is 0 Å². The molecule has 0 radical (unpaired) electrons. The number of rotatable bonds is 5. The number of hydrogen-bond donors (Lipinski definition) is 2. The number of nitrogens with one attached hydrogen (secondary N) is 1. The van der Waals surface area contributed by atoms with E-state index in [9.17, 15) is 9.90 Å². The van der Waals surface area contributed by atoms with Gasteiger partial charge in [-0.05, 0) is 30.5 Å². The average Bonchev–Trinajstić information content (AvgIpc) is 2.45. The molecule has 1 aliphatic rings. The summed E-state index contributed by atoms with van der Waals surface area (Å²) < 4.78 is 10.9. The first kappa shape index (κ1) is 14.7. The molecule has 1 unspecified atom stereocenters. The normalized spacial score (nSPS) is 15.0. The Bertz CT molecular complexity index is 473. The van der Waals surface area contributed by atoms with E-state index in [4.69, 9.17) is 9.47 Å². The van der Waals surface area contributed by atoms with Crippen LogP contribution < -0.4 is 14.8 Å². The summed E-state index contributed by atoms with van der Waals surface area (Å²) in [5.74, 6) is 1.45. The molecular formula is C15H21NO4. The van der Waals surface area contributed by atoms with Crippen LogP contribution in [0.4, 0.5) is 0 Å². The number of amides is 1. The standard InChI is InChI=1S/C15H21NO4/c1-10(2)7-12(9-17)16-15(18)11-3-4-13-14(8-11)20-6-5-19-13/h3-4,8,10,12,17H,5-7,9H2,1-2H3,(H,16,18). The van der Waals surface area contributed by atoms with Gasteiger partial charge in [0.15, 0.2) is 11.5 Å². The highest BCUT2D eigenvalue weighted by atomic mass is 16.6. The Morgan fingerprint density at radius 3 is 2.65 bits per heavy atom. The lowest BCUT2D eigenvalue weighted by molar-refractivity contribution is 0.0907. The second-order valence-corrected chi connectivity index (χ2v) is 5.34. The van der Waals surface area contributed by atoms with Gasteiger partial charge in [-0.25, -0.2) is 0 Å². The monoisotopic (exact) mass is 279 g/mol. The van der Waals surface area contributed by atoms with Gasteiger partial charge < -0.3 is 19.9 Å². The molecule has 0 spiro atoms. The van der Waals surface area contributed by atoms with Gasteiger partial charge in [-0.2, -0.15) is 0 Å². The molecule has 0 saturated heterocycles. The molecule has 0 bridgehead atoms. The molecule has 5 heteroatoms. The lowest BCUT2D eigenvalue weighted by Gasteiger charge is -2.20. The molecule has 1 atom stereocenters. The van der Waals surface area contributed by atoms with Crippen molar-refractivity contribution in [2.45, 2.75) is 26.3 Å². The van der Waals surface area contributed by atoms with Gasteiger partial charge in [-0.3, -0.25) is 4.79 Å². The SMILES string of the molecule is CC(C)CC(CO)NC(=O)c1ccc2c(c1)OCCO2. The molecule has 1 aromatic rings. The topological polar surface area (TPSA) is 67.8 Å². The molecule has 5 nitrogen and oxygen atoms in total. The van der Waals surface area contributed by atoms with Crippen molar-refractivity contribution in [2.24, 2.45) is 5.92 Å². The van der Waals surface area contributed by atoms with Crippen LogP contribution in [0.1, 0.15) is 30.6 Å². The summed E-state index contributed by atoms with van der Waals surface area (Å²) in [5.41, 5.74) is 0.511. The Morgan fingerprint density at radius 2 is 2.00 bits per heavy atom. The predicted octanol–water partition coefficient (Wildman–Crippen LogP) is 1.59.